The van der Waals surface area contributed by atoms with Gasteiger partial charge in [-0.2, -0.15) is 5.10 Å². The van der Waals surface area contributed by atoms with Gasteiger partial charge in [-0.15, -0.1) is 0 Å². The van der Waals surface area contributed by atoms with Crippen LogP contribution < -0.4 is 11.0 Å². The standard InChI is InChI=1S/C12H13N5O/c1-8-7-11(18)14-12(13-8)16-15-9-4-6-17-5-2-3-10(9)17/h2-3,5,7H,4,6H2,1H3,(H2,13,14,16,18)/b15-9-. The molecule has 6 heteroatoms. The van der Waals surface area contributed by atoms with Crippen LogP contribution in [0.2, 0.25) is 0 Å². The van der Waals surface area contributed by atoms with Crippen LogP contribution in [0, 0.1) is 6.92 Å². The number of fused-ring (bicyclic) bond motifs is 1. The molecule has 0 unspecified atom stereocenters. The van der Waals surface area contributed by atoms with Gasteiger partial charge in [-0.05, 0) is 19.1 Å². The third-order valence-electron chi connectivity index (χ3n) is 2.88. The number of nitrogens with zero attached hydrogens (tertiary/aromatic N) is 3. The van der Waals surface area contributed by atoms with Crippen molar-refractivity contribution < 1.29 is 0 Å². The van der Waals surface area contributed by atoms with Gasteiger partial charge in [-0.1, -0.05) is 0 Å². The molecule has 0 spiro atoms. The second kappa shape index (κ2) is 4.14. The topological polar surface area (TPSA) is 75.1 Å². The zero-order chi connectivity index (χ0) is 12.5. The molecule has 0 saturated carbocycles. The largest absolute Gasteiger partial charge is 0.346 e. The second-order valence-corrected chi connectivity index (χ2v) is 4.24. The summed E-state index contributed by atoms with van der Waals surface area (Å²) in [5.41, 5.74) is 5.37. The van der Waals surface area contributed by atoms with Crippen molar-refractivity contribution in [1.82, 2.24) is 14.5 Å². The lowest BCUT2D eigenvalue weighted by atomic mass is 10.2. The third-order valence-corrected chi connectivity index (χ3v) is 2.88. The van der Waals surface area contributed by atoms with Crippen LogP contribution in [-0.4, -0.2) is 20.2 Å². The van der Waals surface area contributed by atoms with Crippen molar-refractivity contribution >= 4 is 11.7 Å². The smallest absolute Gasteiger partial charge is 0.252 e. The number of hydrogen-bond acceptors (Lipinski definition) is 4. The van der Waals surface area contributed by atoms with Crippen LogP contribution in [0.3, 0.4) is 0 Å². The first-order valence-electron chi connectivity index (χ1n) is 5.78. The maximum absolute atomic E-state index is 11.3. The fraction of sp³-hybridized carbons (Fsp3) is 0.250. The average Bonchev–Trinajstić information content (AvgIpc) is 2.87. The lowest BCUT2D eigenvalue weighted by Crippen LogP contribution is -2.11. The molecule has 18 heavy (non-hydrogen) atoms. The SMILES string of the molecule is Cc1cc(=O)[nH]c(N/N=C2/CCn3cccc32)n1. The Labute approximate surface area is 103 Å². The summed E-state index contributed by atoms with van der Waals surface area (Å²) >= 11 is 0. The Morgan fingerprint density at radius 3 is 3.28 bits per heavy atom. The zero-order valence-corrected chi connectivity index (χ0v) is 9.97. The van der Waals surface area contributed by atoms with Gasteiger partial charge in [0.25, 0.3) is 5.56 Å². The summed E-state index contributed by atoms with van der Waals surface area (Å²) in [6.07, 6.45) is 2.92. The highest BCUT2D eigenvalue weighted by Crippen LogP contribution is 2.15. The Bertz CT molecular complexity index is 667. The predicted octanol–water partition coefficient (Wildman–Crippen LogP) is 1.10. The number of rotatable bonds is 2. The number of aromatic nitrogens is 3. The summed E-state index contributed by atoms with van der Waals surface area (Å²) in [6, 6.07) is 5.47. The quantitative estimate of drug-likeness (QED) is 0.775. The van der Waals surface area contributed by atoms with E-state index in [-0.39, 0.29) is 5.56 Å². The molecule has 0 fully saturated rings. The van der Waals surface area contributed by atoms with Crippen molar-refractivity contribution in [3.63, 3.8) is 0 Å². The van der Waals surface area contributed by atoms with Crippen molar-refractivity contribution in [3.05, 3.63) is 46.1 Å². The van der Waals surface area contributed by atoms with Crippen LogP contribution in [0.4, 0.5) is 5.95 Å². The van der Waals surface area contributed by atoms with Crippen molar-refractivity contribution in [1.29, 1.82) is 0 Å². The molecule has 3 heterocycles. The van der Waals surface area contributed by atoms with Gasteiger partial charge < -0.3 is 4.57 Å². The summed E-state index contributed by atoms with van der Waals surface area (Å²) in [7, 11) is 0. The van der Waals surface area contributed by atoms with E-state index in [0.717, 1.165) is 24.4 Å². The van der Waals surface area contributed by atoms with E-state index in [9.17, 15) is 4.79 Å². The molecule has 1 aliphatic rings. The van der Waals surface area contributed by atoms with Gasteiger partial charge in [0.1, 0.15) is 0 Å². The molecule has 6 nitrogen and oxygen atoms in total. The highest BCUT2D eigenvalue weighted by molar-refractivity contribution is 6.01. The maximum atomic E-state index is 11.3. The van der Waals surface area contributed by atoms with E-state index in [1.807, 2.05) is 18.3 Å². The predicted molar refractivity (Wildman–Crippen MR) is 68.8 cm³/mol. The molecule has 0 radical (unpaired) electrons. The molecule has 0 bridgehead atoms. The first-order valence-corrected chi connectivity index (χ1v) is 5.78. The van der Waals surface area contributed by atoms with Crippen molar-refractivity contribution in [2.24, 2.45) is 5.10 Å². The molecule has 2 aromatic heterocycles. The Kier molecular flexibility index (Phi) is 2.47. The monoisotopic (exact) mass is 243 g/mol. The third kappa shape index (κ3) is 1.92. The second-order valence-electron chi connectivity index (χ2n) is 4.24. The van der Waals surface area contributed by atoms with Crippen molar-refractivity contribution in [3.8, 4) is 0 Å². The number of H-pyrrole nitrogens is 1. The molecule has 2 aromatic rings. The number of hydrazone groups is 1. The molecule has 2 N–H and O–H groups in total. The molecule has 0 aliphatic carbocycles. The fourth-order valence-corrected chi connectivity index (χ4v) is 2.09. The Morgan fingerprint density at radius 2 is 2.44 bits per heavy atom. The van der Waals surface area contributed by atoms with Gasteiger partial charge in [0.15, 0.2) is 0 Å². The lowest BCUT2D eigenvalue weighted by molar-refractivity contribution is 0.771. The van der Waals surface area contributed by atoms with Gasteiger partial charge >= 0.3 is 0 Å². The zero-order valence-electron chi connectivity index (χ0n) is 9.97. The molecule has 0 atom stereocenters. The molecule has 92 valence electrons. The van der Waals surface area contributed by atoms with Crippen LogP contribution in [0.5, 0.6) is 0 Å². The highest BCUT2D eigenvalue weighted by Gasteiger charge is 2.16. The first kappa shape index (κ1) is 10.8. The van der Waals surface area contributed by atoms with Gasteiger partial charge in [0, 0.05) is 30.9 Å². The summed E-state index contributed by atoms with van der Waals surface area (Å²) in [4.78, 5) is 18.0. The minimum absolute atomic E-state index is 0.181. The van der Waals surface area contributed by atoms with Crippen LogP contribution in [0.15, 0.2) is 34.3 Å². The highest BCUT2D eigenvalue weighted by atomic mass is 16.1. The number of aromatic amines is 1. The van der Waals surface area contributed by atoms with Gasteiger partial charge in [0.2, 0.25) is 5.95 Å². The van der Waals surface area contributed by atoms with Crippen LogP contribution in [-0.2, 0) is 6.54 Å². The summed E-state index contributed by atoms with van der Waals surface area (Å²) < 4.78 is 2.15. The number of nitrogens with one attached hydrogen (secondary N) is 2. The normalized spacial score (nSPS) is 15.9. The molecular weight excluding hydrogens is 230 g/mol. The molecule has 3 rings (SSSR count). The van der Waals surface area contributed by atoms with Crippen LogP contribution in [0.1, 0.15) is 17.8 Å². The maximum Gasteiger partial charge on any atom is 0.252 e. The lowest BCUT2D eigenvalue weighted by Gasteiger charge is -2.01. The minimum atomic E-state index is -0.181. The van der Waals surface area contributed by atoms with Crippen molar-refractivity contribution in [2.75, 3.05) is 5.43 Å². The van der Waals surface area contributed by atoms with Crippen molar-refractivity contribution in [2.45, 2.75) is 19.9 Å². The summed E-state index contributed by atoms with van der Waals surface area (Å²) in [5, 5.41) is 4.30. The van der Waals surface area contributed by atoms with E-state index in [1.165, 1.54) is 6.07 Å². The molecule has 1 aliphatic heterocycles. The molecule has 0 saturated heterocycles. The van der Waals surface area contributed by atoms with Crippen LogP contribution >= 0.6 is 0 Å². The van der Waals surface area contributed by atoms with Gasteiger partial charge in [-0.3, -0.25) is 9.78 Å². The van der Waals surface area contributed by atoms with E-state index in [0.29, 0.717) is 11.6 Å². The summed E-state index contributed by atoms with van der Waals surface area (Å²) in [5.74, 6) is 0.373. The van der Waals surface area contributed by atoms with E-state index < -0.39 is 0 Å². The molecular formula is C12H13N5O. The van der Waals surface area contributed by atoms with E-state index >= 15 is 0 Å². The molecule has 0 amide bonds. The number of anilines is 1. The van der Waals surface area contributed by atoms with Gasteiger partial charge in [0.05, 0.1) is 11.4 Å². The number of hydrogen-bond donors (Lipinski definition) is 2. The van der Waals surface area contributed by atoms with Crippen LogP contribution in [0.25, 0.3) is 0 Å². The van der Waals surface area contributed by atoms with E-state index in [1.54, 1.807) is 6.92 Å². The van der Waals surface area contributed by atoms with Gasteiger partial charge in [-0.25, -0.2) is 10.4 Å². The fourth-order valence-electron chi connectivity index (χ4n) is 2.09. The first-order chi connectivity index (χ1) is 8.72. The Hall–Kier alpha value is -2.37. The molecule has 0 aromatic carbocycles. The minimum Gasteiger partial charge on any atom is -0.346 e. The number of aryl methyl sites for hydroxylation is 2. The van der Waals surface area contributed by atoms with E-state index in [2.05, 4.69) is 25.1 Å². The summed E-state index contributed by atoms with van der Waals surface area (Å²) in [6.45, 7) is 2.72. The average molecular weight is 243 g/mol. The Balaban J connectivity index is 1.85. The van der Waals surface area contributed by atoms with E-state index in [4.69, 9.17) is 0 Å². The Morgan fingerprint density at radius 1 is 1.56 bits per heavy atom.